The highest BCUT2D eigenvalue weighted by molar-refractivity contribution is 5.65. The zero-order chi connectivity index (χ0) is 29.9. The fourth-order valence-electron chi connectivity index (χ4n) is 4.84. The average molecular weight is 579 g/mol. The number of amides is 1. The van der Waals surface area contributed by atoms with Crippen molar-refractivity contribution >= 4 is 6.09 Å². The molecule has 11 nitrogen and oxygen atoms in total. The molecule has 1 aliphatic rings. The van der Waals surface area contributed by atoms with E-state index in [9.17, 15) is 9.90 Å². The number of ether oxygens (including phenoxy) is 3. The van der Waals surface area contributed by atoms with E-state index in [2.05, 4.69) is 15.2 Å². The van der Waals surface area contributed by atoms with Crippen LogP contribution in [0.25, 0.3) is 22.5 Å². The van der Waals surface area contributed by atoms with Crippen LogP contribution in [0, 0.1) is 11.2 Å². The van der Waals surface area contributed by atoms with Crippen molar-refractivity contribution in [2.75, 3.05) is 6.61 Å². The molecular formula is C30H35FN6O5. The maximum atomic E-state index is 15.0. The Morgan fingerprint density at radius 2 is 1.98 bits per heavy atom. The van der Waals surface area contributed by atoms with Crippen LogP contribution in [0.4, 0.5) is 9.18 Å². The van der Waals surface area contributed by atoms with E-state index < -0.39 is 29.5 Å². The van der Waals surface area contributed by atoms with Gasteiger partial charge < -0.3 is 25.1 Å². The second-order valence-corrected chi connectivity index (χ2v) is 11.3. The number of halogens is 1. The number of pyridine rings is 1. The quantitative estimate of drug-likeness (QED) is 0.272. The number of benzene rings is 1. The molecule has 1 aromatic carbocycles. The minimum absolute atomic E-state index is 0.123. The molecule has 1 amide bonds. The number of hydrogen-bond acceptors (Lipinski definition) is 8. The van der Waals surface area contributed by atoms with E-state index in [1.807, 2.05) is 26.8 Å². The third-order valence-corrected chi connectivity index (χ3v) is 7.08. The van der Waals surface area contributed by atoms with E-state index in [1.165, 1.54) is 6.07 Å². The lowest BCUT2D eigenvalue weighted by Gasteiger charge is -2.32. The van der Waals surface area contributed by atoms with Crippen molar-refractivity contribution in [2.24, 2.45) is 11.1 Å². The maximum Gasteiger partial charge on any atom is 0.404 e. The number of primary amides is 1. The van der Waals surface area contributed by atoms with E-state index in [0.29, 0.717) is 23.6 Å². The lowest BCUT2D eigenvalue weighted by atomic mass is 9.85. The molecule has 42 heavy (non-hydrogen) atoms. The van der Waals surface area contributed by atoms with Crippen molar-refractivity contribution in [3.63, 3.8) is 0 Å². The maximum absolute atomic E-state index is 15.0. The Balaban J connectivity index is 1.25. The van der Waals surface area contributed by atoms with Crippen molar-refractivity contribution in [1.29, 1.82) is 0 Å². The lowest BCUT2D eigenvalue weighted by Crippen LogP contribution is -2.44. The van der Waals surface area contributed by atoms with Crippen molar-refractivity contribution in [2.45, 2.75) is 65.0 Å². The van der Waals surface area contributed by atoms with Crippen LogP contribution < -0.4 is 10.5 Å². The van der Waals surface area contributed by atoms with Crippen LogP contribution in [0.15, 0.2) is 61.1 Å². The molecule has 1 aliphatic heterocycles. The van der Waals surface area contributed by atoms with Gasteiger partial charge in [-0.1, -0.05) is 20.8 Å². The number of aromatic nitrogens is 5. The summed E-state index contributed by atoms with van der Waals surface area (Å²) in [5.74, 6) is -0.340. The number of nitrogens with zero attached hydrogens (tertiary/aromatic N) is 5. The van der Waals surface area contributed by atoms with E-state index in [-0.39, 0.29) is 18.7 Å². The van der Waals surface area contributed by atoms with E-state index in [0.717, 1.165) is 30.5 Å². The fraction of sp³-hybridized carbons (Fsp3) is 0.400. The molecular weight excluding hydrogens is 543 g/mol. The highest BCUT2D eigenvalue weighted by Gasteiger charge is 2.33. The Labute approximate surface area is 243 Å². The number of aliphatic hydroxyl groups is 1. The van der Waals surface area contributed by atoms with E-state index >= 15 is 4.39 Å². The minimum Gasteiger partial charge on any atom is -0.442 e. The number of rotatable bonds is 9. The molecule has 4 aromatic rings. The number of hydrogen-bond donors (Lipinski definition) is 2. The van der Waals surface area contributed by atoms with Crippen LogP contribution in [0.5, 0.6) is 11.6 Å². The molecule has 3 N–H and O–H groups in total. The topological polar surface area (TPSA) is 140 Å². The molecule has 0 bridgehead atoms. The first-order chi connectivity index (χ1) is 20.1. The van der Waals surface area contributed by atoms with Gasteiger partial charge in [-0.2, -0.15) is 10.2 Å². The van der Waals surface area contributed by atoms with Crippen molar-refractivity contribution in [1.82, 2.24) is 24.5 Å². The molecule has 1 fully saturated rings. The standard InChI is InChI=1S/C30H35FN6O5/c1-30(2,3)27(38)25(42-29(32)39)18-36-14-12-23(35-36)19-7-9-21(10-8-19)41-28-22(31)16-20(17-33-28)24-11-13-34-37(24)26-6-4-5-15-40-26/h7-14,16-17,25-27,38H,4-6,15,18H2,1-3H3,(H2,32,39). The van der Waals surface area contributed by atoms with Gasteiger partial charge in [-0.05, 0) is 67.1 Å². The van der Waals surface area contributed by atoms with Crippen molar-refractivity contribution in [3.05, 3.63) is 66.9 Å². The molecule has 3 aromatic heterocycles. The van der Waals surface area contributed by atoms with Crippen LogP contribution in [-0.4, -0.2) is 54.6 Å². The Hall–Kier alpha value is -4.29. The Bertz CT molecular complexity index is 1510. The molecule has 1 saturated heterocycles. The SMILES string of the molecule is CC(C)(C)C(O)C(Cn1ccc(-c2ccc(Oc3ncc(-c4ccnn4C4CCCCO4)cc3F)cc2)n1)OC(N)=O. The molecule has 222 valence electrons. The third kappa shape index (κ3) is 6.77. The van der Waals surface area contributed by atoms with Crippen LogP contribution in [0.3, 0.4) is 0 Å². The summed E-state index contributed by atoms with van der Waals surface area (Å²) in [4.78, 5) is 15.6. The molecule has 0 radical (unpaired) electrons. The first-order valence-corrected chi connectivity index (χ1v) is 13.9. The molecule has 0 spiro atoms. The predicted octanol–water partition coefficient (Wildman–Crippen LogP) is 5.31. The van der Waals surface area contributed by atoms with Crippen molar-refractivity contribution in [3.8, 4) is 34.1 Å². The van der Waals surface area contributed by atoms with E-state index in [1.54, 1.807) is 58.3 Å². The summed E-state index contributed by atoms with van der Waals surface area (Å²) in [7, 11) is 0. The van der Waals surface area contributed by atoms with Crippen molar-refractivity contribution < 1.29 is 28.5 Å². The molecule has 0 aliphatic carbocycles. The van der Waals surface area contributed by atoms with Gasteiger partial charge in [0.15, 0.2) is 12.0 Å². The van der Waals surface area contributed by atoms with Gasteiger partial charge >= 0.3 is 6.09 Å². The third-order valence-electron chi connectivity index (χ3n) is 7.08. The number of nitrogens with two attached hydrogens (primary N) is 1. The highest BCUT2D eigenvalue weighted by atomic mass is 19.1. The second kappa shape index (κ2) is 12.3. The van der Waals surface area contributed by atoms with Gasteiger partial charge in [0.2, 0.25) is 0 Å². The first kappa shape index (κ1) is 29.2. The molecule has 0 saturated carbocycles. The van der Waals surface area contributed by atoms with Gasteiger partial charge in [-0.25, -0.2) is 18.9 Å². The largest absolute Gasteiger partial charge is 0.442 e. The van der Waals surface area contributed by atoms with E-state index in [4.69, 9.17) is 19.9 Å². The van der Waals surface area contributed by atoms with Gasteiger partial charge in [-0.15, -0.1) is 0 Å². The number of carbonyl (C=O) groups is 1. The highest BCUT2D eigenvalue weighted by Crippen LogP contribution is 2.31. The summed E-state index contributed by atoms with van der Waals surface area (Å²) in [6, 6.07) is 12.0. The van der Waals surface area contributed by atoms with Gasteiger partial charge in [0.25, 0.3) is 5.88 Å². The number of aliphatic hydroxyl groups excluding tert-OH is 1. The fourth-order valence-corrected chi connectivity index (χ4v) is 4.84. The normalized spacial score (nSPS) is 17.0. The zero-order valence-electron chi connectivity index (χ0n) is 23.8. The summed E-state index contributed by atoms with van der Waals surface area (Å²) >= 11 is 0. The summed E-state index contributed by atoms with van der Waals surface area (Å²) in [5.41, 5.74) is 7.42. The van der Waals surface area contributed by atoms with Crippen LogP contribution in [-0.2, 0) is 16.0 Å². The smallest absolute Gasteiger partial charge is 0.404 e. The Morgan fingerprint density at radius 3 is 2.64 bits per heavy atom. The predicted molar refractivity (Wildman–Crippen MR) is 152 cm³/mol. The molecule has 5 rings (SSSR count). The Morgan fingerprint density at radius 1 is 1.19 bits per heavy atom. The van der Waals surface area contributed by atoms with Gasteiger partial charge in [0.05, 0.1) is 24.0 Å². The summed E-state index contributed by atoms with van der Waals surface area (Å²) in [5, 5.41) is 19.6. The zero-order valence-corrected chi connectivity index (χ0v) is 23.8. The first-order valence-electron chi connectivity index (χ1n) is 13.9. The minimum atomic E-state index is -0.965. The monoisotopic (exact) mass is 578 g/mol. The summed E-state index contributed by atoms with van der Waals surface area (Å²) in [6.07, 6.45) is 4.91. The van der Waals surface area contributed by atoms with Crippen LogP contribution >= 0.6 is 0 Å². The van der Waals surface area contributed by atoms with Gasteiger partial charge in [-0.3, -0.25) is 4.68 Å². The average Bonchev–Trinajstić information content (AvgIpc) is 3.64. The molecule has 12 heteroatoms. The van der Waals surface area contributed by atoms with Gasteiger partial charge in [0.1, 0.15) is 11.9 Å². The van der Waals surface area contributed by atoms with Crippen LogP contribution in [0.1, 0.15) is 46.3 Å². The lowest BCUT2D eigenvalue weighted by molar-refractivity contribution is -0.0566. The van der Waals surface area contributed by atoms with Gasteiger partial charge in [0, 0.05) is 36.3 Å². The number of carbonyl (C=O) groups excluding carboxylic acids is 1. The Kier molecular flexibility index (Phi) is 8.55. The molecule has 3 unspecified atom stereocenters. The summed E-state index contributed by atoms with van der Waals surface area (Å²) < 4.78 is 35.1. The molecule has 4 heterocycles. The molecule has 3 atom stereocenters. The van der Waals surface area contributed by atoms with Crippen LogP contribution in [0.2, 0.25) is 0 Å². The second-order valence-electron chi connectivity index (χ2n) is 11.3. The summed E-state index contributed by atoms with van der Waals surface area (Å²) in [6.45, 7) is 6.32.